The van der Waals surface area contributed by atoms with E-state index in [1.54, 1.807) is 48.5 Å². The number of anilines is 1. The number of sulfonamides is 1. The molecule has 0 atom stereocenters. The van der Waals surface area contributed by atoms with Gasteiger partial charge in [0.2, 0.25) is 10.0 Å². The van der Waals surface area contributed by atoms with Gasteiger partial charge in [-0.3, -0.25) is 10.1 Å². The zero-order valence-corrected chi connectivity index (χ0v) is 22.8. The maximum Gasteiger partial charge on any atom is 0.257 e. The van der Waals surface area contributed by atoms with Crippen LogP contribution in [-0.4, -0.2) is 50.0 Å². The quantitative estimate of drug-likeness (QED) is 0.293. The number of benzene rings is 3. The number of hydrogen-bond donors (Lipinski definition) is 2. The van der Waals surface area contributed by atoms with Gasteiger partial charge in [0.05, 0.1) is 4.90 Å². The largest absolute Gasteiger partial charge is 0.490 e. The number of nitrogens with one attached hydrogen (secondary N) is 2. The first kappa shape index (κ1) is 27.6. The van der Waals surface area contributed by atoms with Crippen LogP contribution >= 0.6 is 12.2 Å². The van der Waals surface area contributed by atoms with Gasteiger partial charge in [0, 0.05) is 24.3 Å². The van der Waals surface area contributed by atoms with E-state index in [1.165, 1.54) is 4.31 Å². The van der Waals surface area contributed by atoms with Gasteiger partial charge in [-0.25, -0.2) is 8.42 Å². The van der Waals surface area contributed by atoms with E-state index in [0.29, 0.717) is 49.2 Å². The zero-order valence-electron chi connectivity index (χ0n) is 21.1. The molecule has 10 heteroatoms. The molecule has 0 spiro atoms. The highest BCUT2D eigenvalue weighted by atomic mass is 32.2. The van der Waals surface area contributed by atoms with E-state index in [9.17, 15) is 13.2 Å². The van der Waals surface area contributed by atoms with Crippen LogP contribution in [0, 0.1) is 5.92 Å². The molecule has 8 nitrogen and oxygen atoms in total. The highest BCUT2D eigenvalue weighted by molar-refractivity contribution is 7.89. The first-order valence-corrected chi connectivity index (χ1v) is 14.3. The third kappa shape index (κ3) is 7.53. The molecule has 1 fully saturated rings. The number of ether oxygens (including phenoxy) is 2. The lowest BCUT2D eigenvalue weighted by Gasteiger charge is -2.29. The molecule has 0 aliphatic carbocycles. The monoisotopic (exact) mass is 553 g/mol. The normalized spacial score (nSPS) is 14.4. The summed E-state index contributed by atoms with van der Waals surface area (Å²) in [4.78, 5) is 12.8. The highest BCUT2D eigenvalue weighted by Crippen LogP contribution is 2.24. The van der Waals surface area contributed by atoms with Gasteiger partial charge in [-0.2, -0.15) is 4.31 Å². The molecule has 0 aromatic heterocycles. The van der Waals surface area contributed by atoms with Gasteiger partial charge in [-0.15, -0.1) is 0 Å². The minimum Gasteiger partial charge on any atom is -0.490 e. The fourth-order valence-electron chi connectivity index (χ4n) is 3.96. The molecule has 1 saturated heterocycles. The SMILES string of the molecule is CC1CCN(S(=O)(=O)c2ccc(NC(=S)NC(=O)c3ccc(OCCOc4ccccc4)cc3)cc2)CC1. The third-order valence-corrected chi connectivity index (χ3v) is 8.32. The van der Waals surface area contributed by atoms with Gasteiger partial charge in [0.1, 0.15) is 24.7 Å². The van der Waals surface area contributed by atoms with Crippen molar-refractivity contribution in [3.63, 3.8) is 0 Å². The third-order valence-electron chi connectivity index (χ3n) is 6.20. The lowest BCUT2D eigenvalue weighted by Crippen LogP contribution is -2.37. The van der Waals surface area contributed by atoms with Gasteiger partial charge in [-0.05, 0) is 91.6 Å². The van der Waals surface area contributed by atoms with Gasteiger partial charge in [0.15, 0.2) is 5.11 Å². The number of carbonyl (C=O) groups is 1. The fraction of sp³-hybridized carbons (Fsp3) is 0.286. The average Bonchev–Trinajstić information content (AvgIpc) is 2.92. The summed E-state index contributed by atoms with van der Waals surface area (Å²) in [6.45, 7) is 3.98. The van der Waals surface area contributed by atoms with Crippen molar-refractivity contribution in [1.29, 1.82) is 0 Å². The molecule has 4 rings (SSSR count). The molecular weight excluding hydrogens is 522 g/mol. The Kier molecular flexibility index (Phi) is 9.33. The predicted octanol–water partition coefficient (Wildman–Crippen LogP) is 4.69. The van der Waals surface area contributed by atoms with Crippen LogP contribution in [0.4, 0.5) is 5.69 Å². The van der Waals surface area contributed by atoms with Crippen LogP contribution < -0.4 is 20.1 Å². The summed E-state index contributed by atoms with van der Waals surface area (Å²) < 4.78 is 38.6. The molecule has 2 N–H and O–H groups in total. The van der Waals surface area contributed by atoms with E-state index in [4.69, 9.17) is 21.7 Å². The first-order chi connectivity index (χ1) is 18.3. The molecule has 1 aliphatic heterocycles. The minimum atomic E-state index is -3.52. The van der Waals surface area contributed by atoms with Crippen molar-refractivity contribution in [2.75, 3.05) is 31.6 Å². The molecule has 1 amide bonds. The number of rotatable bonds is 9. The van der Waals surface area contributed by atoms with E-state index in [-0.39, 0.29) is 15.9 Å². The lowest BCUT2D eigenvalue weighted by molar-refractivity contribution is 0.0977. The maximum absolute atomic E-state index is 12.9. The van der Waals surface area contributed by atoms with Crippen molar-refractivity contribution < 1.29 is 22.7 Å². The number of hydrogen-bond acceptors (Lipinski definition) is 6. The number of para-hydroxylation sites is 1. The van der Waals surface area contributed by atoms with E-state index >= 15 is 0 Å². The minimum absolute atomic E-state index is 0.106. The Balaban J connectivity index is 1.23. The van der Waals surface area contributed by atoms with Crippen molar-refractivity contribution >= 4 is 38.9 Å². The molecule has 0 radical (unpaired) electrons. The van der Waals surface area contributed by atoms with Gasteiger partial charge < -0.3 is 14.8 Å². The standard InChI is InChI=1S/C28H31N3O5S2/c1-21-15-17-31(18-16-21)38(33,34)26-13-9-23(10-14-26)29-28(37)30-27(32)22-7-11-25(12-8-22)36-20-19-35-24-5-3-2-4-6-24/h2-14,21H,15-20H2,1H3,(H2,29,30,32,37). The topological polar surface area (TPSA) is 97.0 Å². The first-order valence-electron chi connectivity index (χ1n) is 12.4. The van der Waals surface area contributed by atoms with Crippen molar-refractivity contribution in [2.24, 2.45) is 5.92 Å². The van der Waals surface area contributed by atoms with E-state index in [0.717, 1.165) is 18.6 Å². The van der Waals surface area contributed by atoms with Crippen LogP contribution in [0.2, 0.25) is 0 Å². The Morgan fingerprint density at radius 2 is 1.47 bits per heavy atom. The van der Waals surface area contributed by atoms with Gasteiger partial charge in [0.25, 0.3) is 5.91 Å². The summed E-state index contributed by atoms with van der Waals surface area (Å²) in [6, 6.07) is 22.5. The van der Waals surface area contributed by atoms with E-state index in [2.05, 4.69) is 17.6 Å². The second-order valence-corrected chi connectivity index (χ2v) is 11.4. The Morgan fingerprint density at radius 1 is 0.895 bits per heavy atom. The van der Waals surface area contributed by atoms with Gasteiger partial charge in [-0.1, -0.05) is 25.1 Å². The lowest BCUT2D eigenvalue weighted by atomic mass is 10.0. The fourth-order valence-corrected chi connectivity index (χ4v) is 5.64. The summed E-state index contributed by atoms with van der Waals surface area (Å²) >= 11 is 5.26. The summed E-state index contributed by atoms with van der Waals surface area (Å²) in [6.07, 6.45) is 1.73. The Hall–Kier alpha value is -3.47. The number of nitrogens with zero attached hydrogens (tertiary/aromatic N) is 1. The molecule has 200 valence electrons. The molecule has 3 aromatic carbocycles. The van der Waals surface area contributed by atoms with E-state index < -0.39 is 10.0 Å². The molecule has 1 heterocycles. The molecule has 0 saturated carbocycles. The van der Waals surface area contributed by atoms with E-state index in [1.807, 2.05) is 30.3 Å². The second-order valence-electron chi connectivity index (χ2n) is 9.05. The Bertz CT molecular complexity index is 1320. The van der Waals surface area contributed by atoms with Crippen molar-refractivity contribution in [2.45, 2.75) is 24.7 Å². The molecular formula is C28H31N3O5S2. The maximum atomic E-state index is 12.9. The second kappa shape index (κ2) is 12.9. The molecule has 0 unspecified atom stereocenters. The number of piperidine rings is 1. The van der Waals surface area contributed by atoms with Crippen LogP contribution in [-0.2, 0) is 10.0 Å². The highest BCUT2D eigenvalue weighted by Gasteiger charge is 2.27. The number of carbonyl (C=O) groups excluding carboxylic acids is 1. The van der Waals surface area contributed by atoms with Crippen LogP contribution in [0.25, 0.3) is 0 Å². The van der Waals surface area contributed by atoms with Crippen molar-refractivity contribution in [3.8, 4) is 11.5 Å². The van der Waals surface area contributed by atoms with Crippen LogP contribution in [0.15, 0.2) is 83.8 Å². The van der Waals surface area contributed by atoms with Gasteiger partial charge >= 0.3 is 0 Å². The number of amides is 1. The molecule has 3 aromatic rings. The van der Waals surface area contributed by atoms with Crippen LogP contribution in [0.3, 0.4) is 0 Å². The predicted molar refractivity (Wildman–Crippen MR) is 151 cm³/mol. The van der Waals surface area contributed by atoms with Crippen LogP contribution in [0.1, 0.15) is 30.1 Å². The smallest absolute Gasteiger partial charge is 0.257 e. The summed E-state index contributed by atoms with van der Waals surface area (Å²) in [5.74, 6) is 1.56. The zero-order chi connectivity index (χ0) is 27.0. The molecule has 0 bridgehead atoms. The summed E-state index contributed by atoms with van der Waals surface area (Å²) in [5.41, 5.74) is 0.988. The Labute approximate surface area is 229 Å². The number of thiocarbonyl (C=S) groups is 1. The molecule has 38 heavy (non-hydrogen) atoms. The summed E-state index contributed by atoms with van der Waals surface area (Å²) in [5, 5.41) is 5.65. The van der Waals surface area contributed by atoms with Crippen molar-refractivity contribution in [1.82, 2.24) is 9.62 Å². The molecule has 1 aliphatic rings. The van der Waals surface area contributed by atoms with Crippen LogP contribution in [0.5, 0.6) is 11.5 Å². The Morgan fingerprint density at radius 3 is 2.08 bits per heavy atom. The van der Waals surface area contributed by atoms with Crippen molar-refractivity contribution in [3.05, 3.63) is 84.4 Å². The summed E-state index contributed by atoms with van der Waals surface area (Å²) in [7, 11) is -3.52. The average molecular weight is 554 g/mol.